The van der Waals surface area contributed by atoms with E-state index in [1.54, 1.807) is 12.1 Å². The molecule has 0 saturated heterocycles. The van der Waals surface area contributed by atoms with Gasteiger partial charge in [0.1, 0.15) is 5.69 Å². The van der Waals surface area contributed by atoms with Crippen molar-refractivity contribution in [3.8, 4) is 5.69 Å². The average molecular weight is 396 g/mol. The Balaban J connectivity index is 1.85. The molecule has 2 aromatic heterocycles. The number of hydrogen-bond acceptors (Lipinski definition) is 2. The molecule has 132 valence electrons. The molecular weight excluding hydrogens is 386 g/mol. The third-order valence-corrected chi connectivity index (χ3v) is 4.67. The minimum atomic E-state index is -4.48. The van der Waals surface area contributed by atoms with E-state index in [0.29, 0.717) is 21.3 Å². The lowest BCUT2D eigenvalue weighted by Gasteiger charge is -2.12. The highest BCUT2D eigenvalue weighted by Crippen LogP contribution is 2.33. The molecule has 0 amide bonds. The molecule has 4 rings (SSSR count). The second-order valence-corrected chi connectivity index (χ2v) is 6.59. The van der Waals surface area contributed by atoms with Gasteiger partial charge in [0.15, 0.2) is 0 Å². The molecular formula is C18H10Cl2F3N3. The van der Waals surface area contributed by atoms with Gasteiger partial charge in [0.05, 0.1) is 23.6 Å². The summed E-state index contributed by atoms with van der Waals surface area (Å²) in [6.45, 7) is 0.281. The van der Waals surface area contributed by atoms with Gasteiger partial charge in [-0.1, -0.05) is 23.2 Å². The predicted octanol–water partition coefficient (Wildman–Crippen LogP) is 5.55. The number of fused-ring (bicyclic) bond motifs is 3. The lowest BCUT2D eigenvalue weighted by Crippen LogP contribution is -2.11. The van der Waals surface area contributed by atoms with E-state index in [-0.39, 0.29) is 6.54 Å². The minimum absolute atomic E-state index is 0.281. The highest BCUT2D eigenvalue weighted by Gasteiger charge is 2.32. The fourth-order valence-electron chi connectivity index (χ4n) is 2.93. The highest BCUT2D eigenvalue weighted by atomic mass is 35.5. The lowest BCUT2D eigenvalue weighted by atomic mass is 10.1. The second kappa shape index (κ2) is 6.14. The van der Waals surface area contributed by atoms with E-state index in [2.05, 4.69) is 9.98 Å². The third kappa shape index (κ3) is 2.89. The number of aromatic nitrogens is 2. The number of nitrogens with zero attached hydrogens (tertiary/aromatic N) is 3. The van der Waals surface area contributed by atoms with Crippen LogP contribution in [0, 0.1) is 0 Å². The number of halogens is 5. The normalized spacial score (nSPS) is 13.7. The summed E-state index contributed by atoms with van der Waals surface area (Å²) in [6.07, 6.45) is -1.47. The van der Waals surface area contributed by atoms with E-state index in [4.69, 9.17) is 23.2 Å². The maximum Gasteiger partial charge on any atom is 0.433 e. The molecule has 0 unspecified atom stereocenters. The molecule has 3 heterocycles. The van der Waals surface area contributed by atoms with Crippen molar-refractivity contribution in [3.63, 3.8) is 0 Å². The van der Waals surface area contributed by atoms with Crippen molar-refractivity contribution in [1.82, 2.24) is 9.55 Å². The topological polar surface area (TPSA) is 30.2 Å². The van der Waals surface area contributed by atoms with Crippen LogP contribution in [0.2, 0.25) is 10.0 Å². The standard InChI is InChI=1S/C18H10Cl2F3N3/c19-11-6-13(20)12-9-25-17(14-2-1-5-26(14)15(12)7-11)10-3-4-16(24-8-10)18(21,22)23/h1-8H,9H2. The molecule has 3 nitrogen and oxygen atoms in total. The van der Waals surface area contributed by atoms with Gasteiger partial charge in [-0.3, -0.25) is 9.98 Å². The molecule has 3 aromatic rings. The zero-order valence-corrected chi connectivity index (χ0v) is 14.6. The Kier molecular flexibility index (Phi) is 4.04. The predicted molar refractivity (Wildman–Crippen MR) is 94.4 cm³/mol. The zero-order valence-electron chi connectivity index (χ0n) is 13.1. The van der Waals surface area contributed by atoms with Gasteiger partial charge in [-0.05, 0) is 36.4 Å². The Hall–Kier alpha value is -2.31. The fraction of sp³-hybridized carbons (Fsp3) is 0.111. The highest BCUT2D eigenvalue weighted by molar-refractivity contribution is 6.35. The van der Waals surface area contributed by atoms with Crippen LogP contribution in [-0.2, 0) is 12.7 Å². The first-order valence-corrected chi connectivity index (χ1v) is 8.34. The largest absolute Gasteiger partial charge is 0.433 e. The van der Waals surface area contributed by atoms with Crippen LogP contribution < -0.4 is 0 Å². The monoisotopic (exact) mass is 395 g/mol. The van der Waals surface area contributed by atoms with Gasteiger partial charge in [0.25, 0.3) is 0 Å². The molecule has 0 N–H and O–H groups in total. The number of pyridine rings is 1. The van der Waals surface area contributed by atoms with Crippen molar-refractivity contribution in [1.29, 1.82) is 0 Å². The first kappa shape index (κ1) is 17.1. The van der Waals surface area contributed by atoms with Gasteiger partial charge in [-0.15, -0.1) is 0 Å². The first-order chi connectivity index (χ1) is 12.3. The third-order valence-electron chi connectivity index (χ3n) is 4.11. The quantitative estimate of drug-likeness (QED) is 0.531. The first-order valence-electron chi connectivity index (χ1n) is 7.58. The van der Waals surface area contributed by atoms with Crippen LogP contribution in [-0.4, -0.2) is 15.3 Å². The van der Waals surface area contributed by atoms with Crippen LogP contribution in [0.15, 0.2) is 53.8 Å². The Bertz CT molecular complexity index is 1020. The van der Waals surface area contributed by atoms with Gasteiger partial charge in [-0.25, -0.2) is 0 Å². The van der Waals surface area contributed by atoms with Crippen LogP contribution in [0.25, 0.3) is 5.69 Å². The molecule has 0 bridgehead atoms. The summed E-state index contributed by atoms with van der Waals surface area (Å²) in [7, 11) is 0. The van der Waals surface area contributed by atoms with Crippen LogP contribution >= 0.6 is 23.2 Å². The molecule has 1 aromatic carbocycles. The molecule has 0 aliphatic carbocycles. The van der Waals surface area contributed by atoms with Crippen LogP contribution in [0.1, 0.15) is 22.5 Å². The van der Waals surface area contributed by atoms with E-state index in [9.17, 15) is 13.2 Å². The number of alkyl halides is 3. The van der Waals surface area contributed by atoms with Crippen LogP contribution in [0.5, 0.6) is 0 Å². The zero-order chi connectivity index (χ0) is 18.5. The van der Waals surface area contributed by atoms with Gasteiger partial charge in [-0.2, -0.15) is 13.2 Å². The Labute approximate surface area is 156 Å². The Morgan fingerprint density at radius 2 is 1.88 bits per heavy atom. The maximum atomic E-state index is 12.8. The summed E-state index contributed by atoms with van der Waals surface area (Å²) in [4.78, 5) is 8.11. The van der Waals surface area contributed by atoms with E-state index < -0.39 is 11.9 Å². The van der Waals surface area contributed by atoms with Crippen molar-refractivity contribution in [2.75, 3.05) is 0 Å². The van der Waals surface area contributed by atoms with Gasteiger partial charge < -0.3 is 4.57 Å². The van der Waals surface area contributed by atoms with Crippen molar-refractivity contribution >= 4 is 28.9 Å². The molecule has 0 spiro atoms. The lowest BCUT2D eigenvalue weighted by molar-refractivity contribution is -0.141. The van der Waals surface area contributed by atoms with Crippen molar-refractivity contribution in [2.45, 2.75) is 12.7 Å². The molecule has 8 heteroatoms. The summed E-state index contributed by atoms with van der Waals surface area (Å²) in [5.74, 6) is 0. The van der Waals surface area contributed by atoms with Crippen molar-refractivity contribution in [3.05, 3.63) is 81.4 Å². The molecule has 1 aliphatic rings. The number of benzene rings is 1. The van der Waals surface area contributed by atoms with Crippen molar-refractivity contribution in [2.24, 2.45) is 4.99 Å². The molecule has 0 fully saturated rings. The molecule has 26 heavy (non-hydrogen) atoms. The SMILES string of the molecule is FC(F)(F)c1ccc(C2=NCc3c(Cl)cc(Cl)cc3-n3cccc32)cn1. The summed E-state index contributed by atoms with van der Waals surface area (Å²) < 4.78 is 40.1. The smallest absolute Gasteiger partial charge is 0.315 e. The van der Waals surface area contributed by atoms with Gasteiger partial charge >= 0.3 is 6.18 Å². The van der Waals surface area contributed by atoms with Gasteiger partial charge in [0, 0.05) is 33.6 Å². The van der Waals surface area contributed by atoms with E-state index >= 15 is 0 Å². The van der Waals surface area contributed by atoms with E-state index in [1.807, 2.05) is 22.9 Å². The summed E-state index contributed by atoms with van der Waals surface area (Å²) in [5.41, 5.74) is 2.41. The number of hydrogen-bond donors (Lipinski definition) is 0. The molecule has 0 saturated carbocycles. The molecule has 0 radical (unpaired) electrons. The summed E-state index contributed by atoms with van der Waals surface area (Å²) >= 11 is 12.4. The summed E-state index contributed by atoms with van der Waals surface area (Å²) in [5, 5.41) is 0.982. The maximum absolute atomic E-state index is 12.8. The molecule has 0 atom stereocenters. The summed E-state index contributed by atoms with van der Waals surface area (Å²) in [6, 6.07) is 9.41. The average Bonchev–Trinajstić information content (AvgIpc) is 2.99. The minimum Gasteiger partial charge on any atom is -0.315 e. The second-order valence-electron chi connectivity index (χ2n) is 5.74. The van der Waals surface area contributed by atoms with Crippen molar-refractivity contribution < 1.29 is 13.2 Å². The Morgan fingerprint density at radius 1 is 1.08 bits per heavy atom. The number of rotatable bonds is 1. The Morgan fingerprint density at radius 3 is 2.58 bits per heavy atom. The number of aliphatic imine (C=N–C) groups is 1. The van der Waals surface area contributed by atoms with Crippen LogP contribution in [0.3, 0.4) is 0 Å². The van der Waals surface area contributed by atoms with E-state index in [0.717, 1.165) is 23.0 Å². The van der Waals surface area contributed by atoms with Gasteiger partial charge in [0.2, 0.25) is 0 Å². The van der Waals surface area contributed by atoms with E-state index in [1.165, 1.54) is 12.3 Å². The molecule has 1 aliphatic heterocycles. The fourth-order valence-corrected chi connectivity index (χ4v) is 3.47. The van der Waals surface area contributed by atoms with Crippen LogP contribution in [0.4, 0.5) is 13.2 Å².